The molecule has 0 spiro atoms. The second kappa shape index (κ2) is 8.98. The zero-order chi connectivity index (χ0) is 28.7. The molecule has 0 aliphatic rings. The summed E-state index contributed by atoms with van der Waals surface area (Å²) in [6.07, 6.45) is 0. The van der Waals surface area contributed by atoms with E-state index in [9.17, 15) is 0 Å². The van der Waals surface area contributed by atoms with Crippen molar-refractivity contribution in [3.8, 4) is 0 Å². The molecular formula is C40H27NO2. The van der Waals surface area contributed by atoms with E-state index in [4.69, 9.17) is 8.83 Å². The second-order valence-corrected chi connectivity index (χ2v) is 11.4. The van der Waals surface area contributed by atoms with Gasteiger partial charge in [-0.2, -0.15) is 0 Å². The number of benzene rings is 7. The van der Waals surface area contributed by atoms with Gasteiger partial charge in [0.2, 0.25) is 0 Å². The van der Waals surface area contributed by atoms with Crippen LogP contribution in [0.25, 0.3) is 65.4 Å². The molecule has 9 rings (SSSR count). The number of aryl methyl sites for hydroxylation is 2. The molecule has 2 heterocycles. The van der Waals surface area contributed by atoms with Crippen LogP contribution in [-0.4, -0.2) is 0 Å². The Bertz CT molecular complexity index is 2550. The van der Waals surface area contributed by atoms with Crippen molar-refractivity contribution in [1.82, 2.24) is 0 Å². The van der Waals surface area contributed by atoms with Crippen molar-refractivity contribution in [2.45, 2.75) is 13.8 Å². The molecule has 0 unspecified atom stereocenters. The highest BCUT2D eigenvalue weighted by atomic mass is 16.3. The summed E-state index contributed by atoms with van der Waals surface area (Å²) in [7, 11) is 0. The standard InChI is InChI=1S/C40H27NO2/c1-24-11-3-8-19-34(24)41(35-20-10-18-31-30-17-9-12-25(2)38(30)43-40(31)35)36-23-33-32-21-26-13-4-5-14-27(26)22-37(32)42-39(33)29-16-7-6-15-28(29)36/h3-23H,1-2H3. The number of para-hydroxylation sites is 3. The van der Waals surface area contributed by atoms with Crippen molar-refractivity contribution in [1.29, 1.82) is 0 Å². The largest absolute Gasteiger partial charge is 0.455 e. The highest BCUT2D eigenvalue weighted by molar-refractivity contribution is 6.22. The van der Waals surface area contributed by atoms with Gasteiger partial charge < -0.3 is 13.7 Å². The summed E-state index contributed by atoms with van der Waals surface area (Å²) in [6.45, 7) is 4.28. The molecule has 0 bridgehead atoms. The number of hydrogen-bond donors (Lipinski definition) is 0. The van der Waals surface area contributed by atoms with E-state index in [0.717, 1.165) is 77.3 Å². The van der Waals surface area contributed by atoms with Crippen molar-refractivity contribution >= 4 is 82.5 Å². The molecule has 0 saturated carbocycles. The molecular weight excluding hydrogens is 526 g/mol. The average Bonchev–Trinajstić information content (AvgIpc) is 3.60. The van der Waals surface area contributed by atoms with Gasteiger partial charge in [-0.15, -0.1) is 0 Å². The van der Waals surface area contributed by atoms with Crippen LogP contribution in [0, 0.1) is 13.8 Å². The molecule has 3 nitrogen and oxygen atoms in total. The van der Waals surface area contributed by atoms with Gasteiger partial charge in [-0.05, 0) is 66.1 Å². The molecule has 0 aliphatic heterocycles. The van der Waals surface area contributed by atoms with Crippen molar-refractivity contribution in [3.63, 3.8) is 0 Å². The minimum Gasteiger partial charge on any atom is -0.455 e. The van der Waals surface area contributed by atoms with Gasteiger partial charge in [0, 0.05) is 38.0 Å². The van der Waals surface area contributed by atoms with E-state index in [1.807, 2.05) is 0 Å². The van der Waals surface area contributed by atoms with Gasteiger partial charge in [-0.1, -0.05) is 97.1 Å². The molecule has 43 heavy (non-hydrogen) atoms. The minimum atomic E-state index is 0.877. The lowest BCUT2D eigenvalue weighted by molar-refractivity contribution is 0.666. The van der Waals surface area contributed by atoms with Gasteiger partial charge in [-0.25, -0.2) is 0 Å². The van der Waals surface area contributed by atoms with Gasteiger partial charge in [0.25, 0.3) is 0 Å². The Morgan fingerprint density at radius 3 is 1.84 bits per heavy atom. The predicted octanol–water partition coefficient (Wildman–Crippen LogP) is 11.9. The Morgan fingerprint density at radius 2 is 1.00 bits per heavy atom. The Balaban J connectivity index is 1.43. The van der Waals surface area contributed by atoms with Crippen LogP contribution in [-0.2, 0) is 0 Å². The Kier molecular flexibility index (Phi) is 5.03. The maximum atomic E-state index is 6.72. The summed E-state index contributed by atoms with van der Waals surface area (Å²) in [5.41, 5.74) is 9.12. The first-order chi connectivity index (χ1) is 21.2. The van der Waals surface area contributed by atoms with Crippen LogP contribution >= 0.6 is 0 Å². The first kappa shape index (κ1) is 24.1. The van der Waals surface area contributed by atoms with E-state index in [1.165, 1.54) is 16.3 Å². The number of nitrogens with zero attached hydrogens (tertiary/aromatic N) is 1. The zero-order valence-corrected chi connectivity index (χ0v) is 23.9. The molecule has 0 amide bonds. The van der Waals surface area contributed by atoms with Crippen molar-refractivity contribution in [2.24, 2.45) is 0 Å². The van der Waals surface area contributed by atoms with Gasteiger partial charge in [0.15, 0.2) is 5.58 Å². The Morgan fingerprint density at radius 1 is 0.395 bits per heavy atom. The Hall–Kier alpha value is -5.54. The number of rotatable bonds is 3. The van der Waals surface area contributed by atoms with Crippen LogP contribution < -0.4 is 4.90 Å². The van der Waals surface area contributed by atoms with Crippen LogP contribution in [0.1, 0.15) is 11.1 Å². The topological polar surface area (TPSA) is 29.5 Å². The second-order valence-electron chi connectivity index (χ2n) is 11.4. The first-order valence-corrected chi connectivity index (χ1v) is 14.7. The third-order valence-corrected chi connectivity index (χ3v) is 8.86. The molecule has 0 aliphatic carbocycles. The van der Waals surface area contributed by atoms with Crippen LogP contribution in [0.2, 0.25) is 0 Å². The molecule has 0 fully saturated rings. The van der Waals surface area contributed by atoms with E-state index in [-0.39, 0.29) is 0 Å². The van der Waals surface area contributed by atoms with E-state index < -0.39 is 0 Å². The summed E-state index contributed by atoms with van der Waals surface area (Å²) in [5.74, 6) is 0. The fraction of sp³-hybridized carbons (Fsp3) is 0.0500. The van der Waals surface area contributed by atoms with Crippen molar-refractivity contribution < 1.29 is 8.83 Å². The molecule has 0 N–H and O–H groups in total. The SMILES string of the molecule is Cc1ccccc1N(c1cc2c3cc4ccccc4cc3oc2c2ccccc12)c1cccc2c1oc1c(C)cccc12. The normalized spacial score (nSPS) is 12.0. The molecule has 204 valence electrons. The number of hydrogen-bond acceptors (Lipinski definition) is 3. The van der Waals surface area contributed by atoms with E-state index in [2.05, 4.69) is 146 Å². The Labute approximate surface area is 248 Å². The van der Waals surface area contributed by atoms with E-state index in [0.29, 0.717) is 0 Å². The van der Waals surface area contributed by atoms with Gasteiger partial charge in [-0.3, -0.25) is 0 Å². The third-order valence-electron chi connectivity index (χ3n) is 8.86. The van der Waals surface area contributed by atoms with Crippen LogP contribution in [0.5, 0.6) is 0 Å². The lowest BCUT2D eigenvalue weighted by atomic mass is 10.00. The van der Waals surface area contributed by atoms with Gasteiger partial charge in [0.1, 0.15) is 16.7 Å². The molecule has 9 aromatic rings. The van der Waals surface area contributed by atoms with Crippen molar-refractivity contribution in [2.75, 3.05) is 4.90 Å². The summed E-state index contributed by atoms with van der Waals surface area (Å²) >= 11 is 0. The molecule has 2 aromatic heterocycles. The fourth-order valence-corrected chi connectivity index (χ4v) is 6.77. The van der Waals surface area contributed by atoms with Crippen molar-refractivity contribution in [3.05, 3.63) is 139 Å². The number of furan rings is 2. The molecule has 0 radical (unpaired) electrons. The molecule has 7 aromatic carbocycles. The summed E-state index contributed by atoms with van der Waals surface area (Å²) in [6, 6.07) is 45.2. The maximum Gasteiger partial charge on any atom is 0.159 e. The average molecular weight is 554 g/mol. The van der Waals surface area contributed by atoms with E-state index in [1.54, 1.807) is 0 Å². The van der Waals surface area contributed by atoms with Crippen LogP contribution in [0.4, 0.5) is 17.1 Å². The molecule has 0 atom stereocenters. The number of anilines is 3. The highest BCUT2D eigenvalue weighted by Crippen LogP contribution is 2.48. The van der Waals surface area contributed by atoms with Crippen LogP contribution in [0.3, 0.4) is 0 Å². The monoisotopic (exact) mass is 553 g/mol. The zero-order valence-electron chi connectivity index (χ0n) is 23.9. The minimum absolute atomic E-state index is 0.877. The first-order valence-electron chi connectivity index (χ1n) is 14.7. The quantitative estimate of drug-likeness (QED) is 0.218. The third kappa shape index (κ3) is 3.49. The molecule has 0 saturated heterocycles. The predicted molar refractivity (Wildman–Crippen MR) is 180 cm³/mol. The summed E-state index contributed by atoms with van der Waals surface area (Å²) in [5, 5.41) is 9.03. The summed E-state index contributed by atoms with van der Waals surface area (Å²) in [4.78, 5) is 2.37. The fourth-order valence-electron chi connectivity index (χ4n) is 6.77. The van der Waals surface area contributed by atoms with Crippen LogP contribution in [0.15, 0.2) is 136 Å². The van der Waals surface area contributed by atoms with Gasteiger partial charge in [0.05, 0.1) is 11.4 Å². The van der Waals surface area contributed by atoms with Gasteiger partial charge >= 0.3 is 0 Å². The number of fused-ring (bicyclic) bond motifs is 9. The molecule has 3 heteroatoms. The summed E-state index contributed by atoms with van der Waals surface area (Å²) < 4.78 is 13.4. The smallest absolute Gasteiger partial charge is 0.159 e. The lowest BCUT2D eigenvalue weighted by Crippen LogP contribution is -2.12. The van der Waals surface area contributed by atoms with E-state index >= 15 is 0 Å². The lowest BCUT2D eigenvalue weighted by Gasteiger charge is -2.28. The maximum absolute atomic E-state index is 6.72. The highest BCUT2D eigenvalue weighted by Gasteiger charge is 2.24.